The van der Waals surface area contributed by atoms with Crippen LogP contribution in [-0.4, -0.2) is 15.7 Å². The number of hydrogen-bond donors (Lipinski definition) is 0. The minimum absolute atomic E-state index is 0.0979. The highest BCUT2D eigenvalue weighted by molar-refractivity contribution is 6.31. The summed E-state index contributed by atoms with van der Waals surface area (Å²) in [6, 6.07) is 11.9. The van der Waals surface area contributed by atoms with E-state index in [9.17, 15) is 9.59 Å². The maximum Gasteiger partial charge on any atom is 0.364 e. The molecular weight excluding hydrogens is 328 g/mol. The molecule has 3 aromatic rings. The number of hydrogen-bond acceptors (Lipinski definition) is 4. The Morgan fingerprint density at radius 3 is 2.62 bits per heavy atom. The lowest BCUT2D eigenvalue weighted by molar-refractivity contribution is 0.0728. The summed E-state index contributed by atoms with van der Waals surface area (Å²) in [7, 11) is 1.50. The topological polar surface area (TPSA) is 61.2 Å². The van der Waals surface area contributed by atoms with Gasteiger partial charge in [-0.15, -0.1) is 0 Å². The van der Waals surface area contributed by atoms with Crippen LogP contribution in [0.15, 0.2) is 47.3 Å². The van der Waals surface area contributed by atoms with E-state index in [1.807, 2.05) is 6.92 Å². The van der Waals surface area contributed by atoms with Gasteiger partial charge in [0.05, 0.1) is 5.39 Å². The largest absolute Gasteiger partial charge is 0.422 e. The Balaban J connectivity index is 2.04. The predicted octanol–water partition coefficient (Wildman–Crippen LogP) is 3.37. The van der Waals surface area contributed by atoms with Crippen molar-refractivity contribution in [2.24, 2.45) is 7.05 Å². The molecule has 0 aliphatic heterocycles. The SMILES string of the molecule is CCc1cc(OC(=O)c2nn(C)c(=O)c3ccccc23)ccc1Cl. The summed E-state index contributed by atoms with van der Waals surface area (Å²) in [6.07, 6.45) is 0.727. The summed E-state index contributed by atoms with van der Waals surface area (Å²) >= 11 is 6.08. The van der Waals surface area contributed by atoms with E-state index in [0.29, 0.717) is 21.5 Å². The number of carbonyl (C=O) groups is 1. The van der Waals surface area contributed by atoms with Gasteiger partial charge in [0.1, 0.15) is 5.75 Å². The molecule has 1 aromatic heterocycles. The number of aryl methyl sites for hydroxylation is 2. The molecule has 1 heterocycles. The van der Waals surface area contributed by atoms with Crippen LogP contribution in [0.2, 0.25) is 5.02 Å². The zero-order chi connectivity index (χ0) is 17.3. The zero-order valence-corrected chi connectivity index (χ0v) is 14.0. The number of fused-ring (bicyclic) bond motifs is 1. The van der Waals surface area contributed by atoms with Gasteiger partial charge in [0.25, 0.3) is 5.56 Å². The zero-order valence-electron chi connectivity index (χ0n) is 13.2. The third kappa shape index (κ3) is 2.90. The minimum Gasteiger partial charge on any atom is -0.422 e. The molecule has 0 aliphatic rings. The summed E-state index contributed by atoms with van der Waals surface area (Å²) in [5, 5.41) is 5.58. The van der Waals surface area contributed by atoms with E-state index >= 15 is 0 Å². The average molecular weight is 343 g/mol. The number of benzene rings is 2. The molecule has 122 valence electrons. The maximum atomic E-state index is 12.5. The number of rotatable bonds is 3. The summed E-state index contributed by atoms with van der Waals surface area (Å²) in [5.74, 6) is -0.229. The van der Waals surface area contributed by atoms with Crippen LogP contribution in [0.5, 0.6) is 5.75 Å². The van der Waals surface area contributed by atoms with E-state index in [2.05, 4.69) is 5.10 Å². The lowest BCUT2D eigenvalue weighted by Crippen LogP contribution is -2.24. The van der Waals surface area contributed by atoms with Crippen molar-refractivity contribution in [1.82, 2.24) is 9.78 Å². The fourth-order valence-electron chi connectivity index (χ4n) is 2.49. The molecule has 0 saturated carbocycles. The van der Waals surface area contributed by atoms with Crippen molar-refractivity contribution in [3.8, 4) is 5.75 Å². The van der Waals surface area contributed by atoms with Crippen molar-refractivity contribution in [3.05, 3.63) is 69.1 Å². The Labute approximate surface area is 143 Å². The van der Waals surface area contributed by atoms with Crippen molar-refractivity contribution in [2.75, 3.05) is 0 Å². The molecule has 0 unspecified atom stereocenters. The van der Waals surface area contributed by atoms with Crippen LogP contribution in [0.4, 0.5) is 0 Å². The summed E-state index contributed by atoms with van der Waals surface area (Å²) in [4.78, 5) is 24.7. The number of aromatic nitrogens is 2. The van der Waals surface area contributed by atoms with Crippen LogP contribution >= 0.6 is 11.6 Å². The van der Waals surface area contributed by atoms with E-state index in [4.69, 9.17) is 16.3 Å². The molecule has 0 N–H and O–H groups in total. The van der Waals surface area contributed by atoms with Gasteiger partial charge in [0, 0.05) is 17.5 Å². The van der Waals surface area contributed by atoms with Crippen molar-refractivity contribution in [1.29, 1.82) is 0 Å². The second-order valence-electron chi connectivity index (χ2n) is 5.32. The number of nitrogens with zero attached hydrogens (tertiary/aromatic N) is 2. The Hall–Kier alpha value is -2.66. The molecule has 0 amide bonds. The van der Waals surface area contributed by atoms with Crippen LogP contribution in [0.3, 0.4) is 0 Å². The first kappa shape index (κ1) is 16.2. The first-order valence-corrected chi connectivity index (χ1v) is 7.85. The van der Waals surface area contributed by atoms with E-state index in [0.717, 1.165) is 16.7 Å². The standard InChI is InChI=1S/C18H15ClN2O3/c1-3-11-10-12(8-9-15(11)19)24-18(23)16-13-6-4-5-7-14(13)17(22)21(2)20-16/h4-10H,3H2,1-2H3. The Morgan fingerprint density at radius 1 is 1.21 bits per heavy atom. The number of ether oxygens (including phenoxy) is 1. The van der Waals surface area contributed by atoms with Gasteiger partial charge in [-0.3, -0.25) is 4.79 Å². The number of halogens is 1. The van der Waals surface area contributed by atoms with Crippen molar-refractivity contribution >= 4 is 28.3 Å². The molecule has 2 aromatic carbocycles. The lowest BCUT2D eigenvalue weighted by Gasteiger charge is -2.09. The minimum atomic E-state index is -0.619. The van der Waals surface area contributed by atoms with Gasteiger partial charge in [-0.05, 0) is 36.2 Å². The Bertz CT molecular complexity index is 995. The summed E-state index contributed by atoms with van der Waals surface area (Å²) in [5.41, 5.74) is 0.725. The molecule has 0 aliphatic carbocycles. The average Bonchev–Trinajstić information content (AvgIpc) is 2.59. The molecule has 0 bridgehead atoms. The van der Waals surface area contributed by atoms with E-state index in [1.54, 1.807) is 42.5 Å². The van der Waals surface area contributed by atoms with Crippen LogP contribution in [0.25, 0.3) is 10.8 Å². The fourth-order valence-corrected chi connectivity index (χ4v) is 2.74. The highest BCUT2D eigenvalue weighted by Gasteiger charge is 2.18. The predicted molar refractivity (Wildman–Crippen MR) is 92.8 cm³/mol. The van der Waals surface area contributed by atoms with Gasteiger partial charge in [-0.1, -0.05) is 36.7 Å². The van der Waals surface area contributed by atoms with Crippen LogP contribution in [-0.2, 0) is 13.5 Å². The van der Waals surface area contributed by atoms with E-state index in [-0.39, 0.29) is 11.3 Å². The fraction of sp³-hybridized carbons (Fsp3) is 0.167. The van der Waals surface area contributed by atoms with Gasteiger partial charge < -0.3 is 4.74 Å². The molecule has 0 radical (unpaired) electrons. The molecule has 5 nitrogen and oxygen atoms in total. The molecule has 6 heteroatoms. The van der Waals surface area contributed by atoms with Gasteiger partial charge in [0.2, 0.25) is 0 Å². The monoisotopic (exact) mass is 342 g/mol. The molecule has 3 rings (SSSR count). The molecule has 0 fully saturated rings. The van der Waals surface area contributed by atoms with Gasteiger partial charge >= 0.3 is 5.97 Å². The smallest absolute Gasteiger partial charge is 0.364 e. The first-order chi connectivity index (χ1) is 11.5. The van der Waals surface area contributed by atoms with Crippen molar-refractivity contribution < 1.29 is 9.53 Å². The van der Waals surface area contributed by atoms with Gasteiger partial charge in [0.15, 0.2) is 5.69 Å². The van der Waals surface area contributed by atoms with E-state index < -0.39 is 5.97 Å². The Morgan fingerprint density at radius 2 is 1.92 bits per heavy atom. The van der Waals surface area contributed by atoms with Crippen LogP contribution < -0.4 is 10.3 Å². The quantitative estimate of drug-likeness (QED) is 0.541. The molecule has 0 atom stereocenters. The maximum absolute atomic E-state index is 12.5. The summed E-state index contributed by atoms with van der Waals surface area (Å²) < 4.78 is 6.56. The van der Waals surface area contributed by atoms with Crippen LogP contribution in [0, 0.1) is 0 Å². The van der Waals surface area contributed by atoms with Crippen LogP contribution in [0.1, 0.15) is 23.0 Å². The normalized spacial score (nSPS) is 10.8. The Kier molecular flexibility index (Phi) is 4.36. The van der Waals surface area contributed by atoms with Crippen molar-refractivity contribution in [2.45, 2.75) is 13.3 Å². The van der Waals surface area contributed by atoms with Gasteiger partial charge in [-0.25, -0.2) is 9.48 Å². The molecular formula is C18H15ClN2O3. The van der Waals surface area contributed by atoms with Gasteiger partial charge in [-0.2, -0.15) is 5.10 Å². The highest BCUT2D eigenvalue weighted by Crippen LogP contribution is 2.23. The molecule has 0 saturated heterocycles. The number of esters is 1. The van der Waals surface area contributed by atoms with Crippen molar-refractivity contribution in [3.63, 3.8) is 0 Å². The third-order valence-electron chi connectivity index (χ3n) is 3.76. The number of carbonyl (C=O) groups excluding carboxylic acids is 1. The second kappa shape index (κ2) is 6.45. The summed E-state index contributed by atoms with van der Waals surface area (Å²) in [6.45, 7) is 1.97. The highest BCUT2D eigenvalue weighted by atomic mass is 35.5. The first-order valence-electron chi connectivity index (χ1n) is 7.48. The molecule has 24 heavy (non-hydrogen) atoms. The lowest BCUT2D eigenvalue weighted by atomic mass is 10.1. The molecule has 0 spiro atoms. The van der Waals surface area contributed by atoms with E-state index in [1.165, 1.54) is 7.05 Å². The second-order valence-corrected chi connectivity index (χ2v) is 5.73. The third-order valence-corrected chi connectivity index (χ3v) is 4.13.